The van der Waals surface area contributed by atoms with Crippen molar-refractivity contribution in [3.8, 4) is 5.88 Å². The van der Waals surface area contributed by atoms with Gasteiger partial charge in [-0.2, -0.15) is 13.2 Å². The molecule has 144 valence electrons. The molecule has 11 heteroatoms. The number of carbonyl (C=O) groups is 2. The van der Waals surface area contributed by atoms with Gasteiger partial charge in [0.2, 0.25) is 11.8 Å². The molecule has 0 aliphatic carbocycles. The van der Waals surface area contributed by atoms with Crippen molar-refractivity contribution < 1.29 is 27.5 Å². The lowest BCUT2D eigenvalue weighted by atomic mass is 10.1. The maximum Gasteiger partial charge on any atom is 0.422 e. The van der Waals surface area contributed by atoms with Gasteiger partial charge in [0.15, 0.2) is 6.61 Å². The van der Waals surface area contributed by atoms with Crippen molar-refractivity contribution >= 4 is 33.6 Å². The number of urea groups is 1. The summed E-state index contributed by atoms with van der Waals surface area (Å²) < 4.78 is 42.2. The molecule has 1 aliphatic rings. The van der Waals surface area contributed by atoms with Gasteiger partial charge in [-0.05, 0) is 34.8 Å². The van der Waals surface area contributed by atoms with Crippen molar-refractivity contribution in [1.29, 1.82) is 0 Å². The third-order valence-corrected chi connectivity index (χ3v) is 4.06. The second-order valence-corrected chi connectivity index (χ2v) is 6.72. The van der Waals surface area contributed by atoms with E-state index in [0.29, 0.717) is 30.4 Å². The number of hydrogen-bond donors (Lipinski definition) is 2. The summed E-state index contributed by atoms with van der Waals surface area (Å²) in [4.78, 5) is 28.7. The molecule has 2 heterocycles. The van der Waals surface area contributed by atoms with Crippen molar-refractivity contribution in [3.63, 3.8) is 0 Å². The number of aromatic nitrogens is 1. The number of halogens is 4. The average Bonchev–Trinajstić information content (AvgIpc) is 2.53. The molecule has 2 N–H and O–H groups in total. The topological polar surface area (TPSA) is 83.6 Å². The van der Waals surface area contributed by atoms with Crippen LogP contribution in [-0.2, 0) is 4.79 Å². The summed E-state index contributed by atoms with van der Waals surface area (Å²) in [5, 5.41) is 5.33. The predicted molar refractivity (Wildman–Crippen MR) is 90.9 cm³/mol. The van der Waals surface area contributed by atoms with Crippen LogP contribution in [0.2, 0.25) is 0 Å². The van der Waals surface area contributed by atoms with E-state index < -0.39 is 18.8 Å². The minimum absolute atomic E-state index is 0.00904. The lowest BCUT2D eigenvalue weighted by Gasteiger charge is -2.32. The lowest BCUT2D eigenvalue weighted by molar-refractivity contribution is -0.153. The predicted octanol–water partition coefficient (Wildman–Crippen LogP) is 2.92. The van der Waals surface area contributed by atoms with Crippen molar-refractivity contribution in [3.05, 3.63) is 16.7 Å². The number of nitrogens with one attached hydrogen (secondary N) is 2. The molecule has 0 atom stereocenters. The maximum atomic E-state index is 12.4. The van der Waals surface area contributed by atoms with Crippen LogP contribution in [0.15, 0.2) is 16.7 Å². The van der Waals surface area contributed by atoms with Gasteiger partial charge in [0.1, 0.15) is 5.69 Å². The zero-order chi connectivity index (χ0) is 19.3. The number of alkyl halides is 3. The first-order chi connectivity index (χ1) is 12.1. The Hall–Kier alpha value is -2.04. The standard InChI is InChI=1S/C15H18BrF3N4O3/c1-9(24)21-11-2-4-23(5-3-11)14(25)22-12-6-10(16)7-20-13(12)26-8-15(17,18)19/h6-7,11H,2-5,8H2,1H3,(H,21,24)(H,22,25). The van der Waals surface area contributed by atoms with Gasteiger partial charge >= 0.3 is 12.2 Å². The van der Waals surface area contributed by atoms with Gasteiger partial charge in [0, 0.05) is 36.7 Å². The third kappa shape index (κ3) is 6.36. The fourth-order valence-electron chi connectivity index (χ4n) is 2.49. The first-order valence-electron chi connectivity index (χ1n) is 7.82. The Balaban J connectivity index is 1.98. The highest BCUT2D eigenvalue weighted by molar-refractivity contribution is 9.10. The average molecular weight is 439 g/mol. The molecule has 1 saturated heterocycles. The van der Waals surface area contributed by atoms with Gasteiger partial charge in [-0.15, -0.1) is 0 Å². The van der Waals surface area contributed by atoms with Crippen molar-refractivity contribution in [2.24, 2.45) is 0 Å². The summed E-state index contributed by atoms with van der Waals surface area (Å²) in [6, 6.07) is 0.957. The van der Waals surface area contributed by atoms with E-state index in [0.717, 1.165) is 0 Å². The second-order valence-electron chi connectivity index (χ2n) is 5.80. The molecular weight excluding hydrogens is 421 g/mol. The molecule has 1 fully saturated rings. The zero-order valence-corrected chi connectivity index (χ0v) is 15.5. The Morgan fingerprint density at radius 2 is 2.04 bits per heavy atom. The Morgan fingerprint density at radius 3 is 2.62 bits per heavy atom. The van der Waals surface area contributed by atoms with E-state index in [9.17, 15) is 22.8 Å². The molecule has 1 aliphatic heterocycles. The summed E-state index contributed by atoms with van der Waals surface area (Å²) in [5.41, 5.74) is 0.0395. The van der Waals surface area contributed by atoms with E-state index in [4.69, 9.17) is 0 Å². The highest BCUT2D eigenvalue weighted by Crippen LogP contribution is 2.27. The largest absolute Gasteiger partial charge is 0.467 e. The summed E-state index contributed by atoms with van der Waals surface area (Å²) in [5.74, 6) is -0.438. The number of carbonyl (C=O) groups excluding carboxylic acids is 2. The van der Waals surface area contributed by atoms with Crippen LogP contribution < -0.4 is 15.4 Å². The number of hydrogen-bond acceptors (Lipinski definition) is 4. The molecule has 3 amide bonds. The number of anilines is 1. The molecule has 2 rings (SSSR count). The number of likely N-dealkylation sites (tertiary alicyclic amines) is 1. The fourth-order valence-corrected chi connectivity index (χ4v) is 2.82. The summed E-state index contributed by atoms with van der Waals surface area (Å²) in [6.07, 6.45) is -2.04. The van der Waals surface area contributed by atoms with Crippen LogP contribution in [0.3, 0.4) is 0 Å². The van der Waals surface area contributed by atoms with E-state index in [1.54, 1.807) is 0 Å². The maximum absolute atomic E-state index is 12.4. The first-order valence-corrected chi connectivity index (χ1v) is 8.61. The smallest absolute Gasteiger partial charge is 0.422 e. The van der Waals surface area contributed by atoms with Crippen LogP contribution in [0, 0.1) is 0 Å². The van der Waals surface area contributed by atoms with E-state index in [-0.39, 0.29) is 23.5 Å². The van der Waals surface area contributed by atoms with Crippen LogP contribution >= 0.6 is 15.9 Å². The van der Waals surface area contributed by atoms with E-state index in [1.165, 1.54) is 24.1 Å². The van der Waals surface area contributed by atoms with E-state index in [2.05, 4.69) is 36.3 Å². The second kappa shape index (κ2) is 8.56. The molecule has 1 aromatic rings. The Morgan fingerprint density at radius 1 is 1.38 bits per heavy atom. The number of piperidine rings is 1. The zero-order valence-electron chi connectivity index (χ0n) is 13.9. The van der Waals surface area contributed by atoms with Gasteiger partial charge < -0.3 is 20.3 Å². The Kier molecular flexibility index (Phi) is 6.68. The van der Waals surface area contributed by atoms with Gasteiger partial charge in [0.05, 0.1) is 0 Å². The third-order valence-electron chi connectivity index (χ3n) is 3.62. The molecule has 0 bridgehead atoms. The van der Waals surface area contributed by atoms with Crippen molar-refractivity contribution in [2.45, 2.75) is 32.0 Å². The quantitative estimate of drug-likeness (QED) is 0.756. The minimum atomic E-state index is -4.51. The molecule has 0 radical (unpaired) electrons. The van der Waals surface area contributed by atoms with Crippen LogP contribution in [0.1, 0.15) is 19.8 Å². The Labute approximate surface area is 156 Å². The van der Waals surface area contributed by atoms with Crippen LogP contribution in [0.25, 0.3) is 0 Å². The number of nitrogens with zero attached hydrogens (tertiary/aromatic N) is 2. The van der Waals surface area contributed by atoms with Gasteiger partial charge in [-0.25, -0.2) is 9.78 Å². The van der Waals surface area contributed by atoms with Crippen molar-refractivity contribution in [2.75, 3.05) is 25.0 Å². The molecule has 0 saturated carbocycles. The molecule has 7 nitrogen and oxygen atoms in total. The summed E-state index contributed by atoms with van der Waals surface area (Å²) in [6.45, 7) is 0.752. The monoisotopic (exact) mass is 438 g/mol. The number of ether oxygens (including phenoxy) is 1. The van der Waals surface area contributed by atoms with Crippen LogP contribution in [-0.4, -0.2) is 53.7 Å². The minimum Gasteiger partial charge on any atom is -0.467 e. The van der Waals surface area contributed by atoms with Gasteiger partial charge in [-0.3, -0.25) is 4.79 Å². The van der Waals surface area contributed by atoms with Gasteiger partial charge in [-0.1, -0.05) is 0 Å². The van der Waals surface area contributed by atoms with Gasteiger partial charge in [0.25, 0.3) is 0 Å². The molecule has 0 aromatic carbocycles. The number of pyridine rings is 1. The van der Waals surface area contributed by atoms with Crippen molar-refractivity contribution in [1.82, 2.24) is 15.2 Å². The fraction of sp³-hybridized carbons (Fsp3) is 0.533. The molecule has 0 unspecified atom stereocenters. The summed E-state index contributed by atoms with van der Waals surface area (Å²) >= 11 is 3.16. The highest BCUT2D eigenvalue weighted by Gasteiger charge is 2.30. The van der Waals surface area contributed by atoms with Crippen LogP contribution in [0.5, 0.6) is 5.88 Å². The molecule has 26 heavy (non-hydrogen) atoms. The highest BCUT2D eigenvalue weighted by atomic mass is 79.9. The first kappa shape index (κ1) is 20.3. The molecule has 1 aromatic heterocycles. The lowest BCUT2D eigenvalue weighted by Crippen LogP contribution is -2.47. The Bertz CT molecular complexity index is 664. The number of rotatable bonds is 4. The molecule has 0 spiro atoms. The number of amides is 3. The van der Waals surface area contributed by atoms with E-state index in [1.807, 2.05) is 0 Å². The van der Waals surface area contributed by atoms with Crippen LogP contribution in [0.4, 0.5) is 23.7 Å². The normalized spacial score (nSPS) is 15.5. The van der Waals surface area contributed by atoms with E-state index >= 15 is 0 Å². The summed E-state index contributed by atoms with van der Waals surface area (Å²) in [7, 11) is 0. The SMILES string of the molecule is CC(=O)NC1CCN(C(=O)Nc2cc(Br)cnc2OCC(F)(F)F)CC1. The molecular formula is C15H18BrF3N4O3.